The molecule has 100 valence electrons. The van der Waals surface area contributed by atoms with Crippen molar-refractivity contribution in [1.29, 1.82) is 0 Å². The fourth-order valence-corrected chi connectivity index (χ4v) is 2.53. The summed E-state index contributed by atoms with van der Waals surface area (Å²) in [4.78, 5) is 11.6. The summed E-state index contributed by atoms with van der Waals surface area (Å²) >= 11 is 0. The standard InChI is InChI=1S/C9H19N3O4S/c1-2-12-17(14,15)4-3-11-9(13)7-5-16-6-8(7)10/h7-8,12H,2-6,10H2,1H3,(H,11,13). The molecule has 8 heteroatoms. The molecule has 1 aliphatic rings. The van der Waals surface area contributed by atoms with Crippen LogP contribution in [0.15, 0.2) is 0 Å². The molecule has 0 aliphatic carbocycles. The molecule has 0 bridgehead atoms. The first-order valence-corrected chi connectivity index (χ1v) is 7.20. The fourth-order valence-electron chi connectivity index (χ4n) is 1.57. The number of nitrogens with one attached hydrogen (secondary N) is 2. The molecular weight excluding hydrogens is 246 g/mol. The highest BCUT2D eigenvalue weighted by Crippen LogP contribution is 2.11. The second kappa shape index (κ2) is 6.29. The number of amides is 1. The molecule has 0 aromatic carbocycles. The third-order valence-corrected chi connectivity index (χ3v) is 3.97. The predicted octanol–water partition coefficient (Wildman–Crippen LogP) is -1.98. The van der Waals surface area contributed by atoms with Gasteiger partial charge in [-0.05, 0) is 0 Å². The minimum atomic E-state index is -3.29. The third kappa shape index (κ3) is 4.58. The van der Waals surface area contributed by atoms with E-state index >= 15 is 0 Å². The van der Waals surface area contributed by atoms with Crippen molar-refractivity contribution < 1.29 is 17.9 Å². The molecule has 2 unspecified atom stereocenters. The molecule has 1 fully saturated rings. The lowest BCUT2D eigenvalue weighted by Crippen LogP contribution is -2.43. The third-order valence-electron chi connectivity index (χ3n) is 2.50. The molecule has 1 amide bonds. The van der Waals surface area contributed by atoms with Crippen LogP contribution in [-0.4, -0.2) is 52.4 Å². The van der Waals surface area contributed by atoms with E-state index in [0.29, 0.717) is 19.8 Å². The average Bonchev–Trinajstić information content (AvgIpc) is 2.63. The number of hydrogen-bond acceptors (Lipinski definition) is 5. The van der Waals surface area contributed by atoms with E-state index in [0.717, 1.165) is 0 Å². The van der Waals surface area contributed by atoms with Crippen molar-refractivity contribution in [2.75, 3.05) is 32.1 Å². The van der Waals surface area contributed by atoms with Gasteiger partial charge in [-0.15, -0.1) is 0 Å². The molecule has 0 radical (unpaired) electrons. The lowest BCUT2D eigenvalue weighted by Gasteiger charge is -2.13. The number of nitrogens with two attached hydrogens (primary N) is 1. The summed E-state index contributed by atoms with van der Waals surface area (Å²) in [5, 5.41) is 2.55. The number of hydrogen-bond donors (Lipinski definition) is 3. The van der Waals surface area contributed by atoms with Crippen LogP contribution in [0.25, 0.3) is 0 Å². The Bertz CT molecular complexity index is 357. The van der Waals surface area contributed by atoms with Crippen molar-refractivity contribution >= 4 is 15.9 Å². The molecule has 7 nitrogen and oxygen atoms in total. The Morgan fingerprint density at radius 2 is 2.18 bits per heavy atom. The van der Waals surface area contributed by atoms with Crippen LogP contribution in [0.5, 0.6) is 0 Å². The van der Waals surface area contributed by atoms with Gasteiger partial charge in [0.25, 0.3) is 0 Å². The monoisotopic (exact) mass is 265 g/mol. The van der Waals surface area contributed by atoms with Gasteiger partial charge in [-0.3, -0.25) is 4.79 Å². The molecule has 0 spiro atoms. The van der Waals surface area contributed by atoms with Crippen molar-refractivity contribution in [3.05, 3.63) is 0 Å². The Balaban J connectivity index is 2.29. The number of carbonyl (C=O) groups is 1. The molecule has 1 aliphatic heterocycles. The molecule has 4 N–H and O–H groups in total. The van der Waals surface area contributed by atoms with Gasteiger partial charge in [-0.25, -0.2) is 13.1 Å². The van der Waals surface area contributed by atoms with Crippen LogP contribution in [0.3, 0.4) is 0 Å². The lowest BCUT2D eigenvalue weighted by atomic mass is 10.0. The fraction of sp³-hybridized carbons (Fsp3) is 0.889. The highest BCUT2D eigenvalue weighted by Gasteiger charge is 2.31. The molecule has 0 aromatic heterocycles. The molecule has 0 saturated carbocycles. The topological polar surface area (TPSA) is 111 Å². The minimum Gasteiger partial charge on any atom is -0.379 e. The summed E-state index contributed by atoms with van der Waals surface area (Å²) < 4.78 is 30.0. The largest absolute Gasteiger partial charge is 0.379 e. The van der Waals surface area contributed by atoms with Crippen LogP contribution < -0.4 is 15.8 Å². The summed E-state index contributed by atoms with van der Waals surface area (Å²) in [7, 11) is -3.29. The summed E-state index contributed by atoms with van der Waals surface area (Å²) in [6, 6.07) is -0.305. The molecule has 1 heterocycles. The number of rotatable bonds is 6. The van der Waals surface area contributed by atoms with Crippen LogP contribution in [0.4, 0.5) is 0 Å². The SMILES string of the molecule is CCNS(=O)(=O)CCNC(=O)C1COCC1N. The average molecular weight is 265 g/mol. The number of sulfonamides is 1. The van der Waals surface area contributed by atoms with Gasteiger partial charge >= 0.3 is 0 Å². The zero-order valence-corrected chi connectivity index (χ0v) is 10.6. The predicted molar refractivity (Wildman–Crippen MR) is 62.8 cm³/mol. The zero-order chi connectivity index (χ0) is 12.9. The zero-order valence-electron chi connectivity index (χ0n) is 9.81. The first-order valence-electron chi connectivity index (χ1n) is 5.54. The van der Waals surface area contributed by atoms with Crippen molar-refractivity contribution in [3.8, 4) is 0 Å². The molecule has 1 saturated heterocycles. The normalized spacial score (nSPS) is 24.8. The van der Waals surface area contributed by atoms with Crippen LogP contribution in [-0.2, 0) is 19.6 Å². The van der Waals surface area contributed by atoms with Gasteiger partial charge in [0.05, 0.1) is 24.9 Å². The van der Waals surface area contributed by atoms with E-state index in [1.807, 2.05) is 0 Å². The van der Waals surface area contributed by atoms with Crippen molar-refractivity contribution in [2.24, 2.45) is 11.7 Å². The molecule has 0 aromatic rings. The Labute approximate surface area is 101 Å². The number of ether oxygens (including phenoxy) is 1. The quantitative estimate of drug-likeness (QED) is 0.515. The van der Waals surface area contributed by atoms with Gasteiger partial charge in [0, 0.05) is 19.1 Å². The van der Waals surface area contributed by atoms with Gasteiger partial charge in [0.2, 0.25) is 15.9 Å². The lowest BCUT2D eigenvalue weighted by molar-refractivity contribution is -0.125. The first-order chi connectivity index (χ1) is 7.96. The van der Waals surface area contributed by atoms with Gasteiger partial charge in [-0.2, -0.15) is 0 Å². The van der Waals surface area contributed by atoms with E-state index in [-0.39, 0.29) is 30.2 Å². The summed E-state index contributed by atoms with van der Waals surface area (Å²) in [6.45, 7) is 2.79. The summed E-state index contributed by atoms with van der Waals surface area (Å²) in [5.41, 5.74) is 5.67. The molecular formula is C9H19N3O4S. The highest BCUT2D eigenvalue weighted by atomic mass is 32.2. The minimum absolute atomic E-state index is 0.0807. The Hall–Kier alpha value is -0.700. The molecule has 2 atom stereocenters. The van der Waals surface area contributed by atoms with Crippen LogP contribution in [0.2, 0.25) is 0 Å². The van der Waals surface area contributed by atoms with Crippen molar-refractivity contribution in [3.63, 3.8) is 0 Å². The van der Waals surface area contributed by atoms with Gasteiger partial charge in [0.15, 0.2) is 0 Å². The second-order valence-corrected chi connectivity index (χ2v) is 5.84. The maximum absolute atomic E-state index is 11.6. The van der Waals surface area contributed by atoms with Gasteiger partial charge < -0.3 is 15.8 Å². The molecule has 1 rings (SSSR count). The summed E-state index contributed by atoms with van der Waals surface area (Å²) in [6.07, 6.45) is 0. The smallest absolute Gasteiger partial charge is 0.227 e. The Morgan fingerprint density at radius 3 is 2.71 bits per heavy atom. The molecule has 17 heavy (non-hydrogen) atoms. The van der Waals surface area contributed by atoms with Crippen LogP contribution in [0.1, 0.15) is 6.92 Å². The van der Waals surface area contributed by atoms with Crippen molar-refractivity contribution in [2.45, 2.75) is 13.0 Å². The Kier molecular flexibility index (Phi) is 5.31. The van der Waals surface area contributed by atoms with Crippen LogP contribution in [0, 0.1) is 5.92 Å². The van der Waals surface area contributed by atoms with E-state index in [1.165, 1.54) is 0 Å². The van der Waals surface area contributed by atoms with E-state index in [1.54, 1.807) is 6.92 Å². The summed E-state index contributed by atoms with van der Waals surface area (Å²) in [5.74, 6) is -0.756. The maximum Gasteiger partial charge on any atom is 0.227 e. The van der Waals surface area contributed by atoms with E-state index in [2.05, 4.69) is 10.0 Å². The van der Waals surface area contributed by atoms with E-state index < -0.39 is 10.0 Å². The Morgan fingerprint density at radius 1 is 1.47 bits per heavy atom. The maximum atomic E-state index is 11.6. The van der Waals surface area contributed by atoms with E-state index in [4.69, 9.17) is 10.5 Å². The van der Waals surface area contributed by atoms with Crippen LogP contribution >= 0.6 is 0 Å². The number of carbonyl (C=O) groups excluding carboxylic acids is 1. The van der Waals surface area contributed by atoms with Gasteiger partial charge in [-0.1, -0.05) is 6.92 Å². The highest BCUT2D eigenvalue weighted by molar-refractivity contribution is 7.89. The van der Waals surface area contributed by atoms with Crippen molar-refractivity contribution in [1.82, 2.24) is 10.0 Å². The van der Waals surface area contributed by atoms with E-state index in [9.17, 15) is 13.2 Å². The van der Waals surface area contributed by atoms with Gasteiger partial charge in [0.1, 0.15) is 0 Å². The first kappa shape index (κ1) is 14.4. The second-order valence-electron chi connectivity index (χ2n) is 3.92.